The third kappa shape index (κ3) is 3.51. The number of aromatic nitrogens is 3. The average molecular weight is 386 g/mol. The SMILES string of the molecule is O=C(Cc1cccs1)N(CCn1cccn1)c1nc2c(F)cccc2s1. The Balaban J connectivity index is 1.63. The number of amides is 1. The molecule has 0 unspecified atom stereocenters. The molecule has 1 amide bonds. The van der Waals surface area contributed by atoms with Gasteiger partial charge < -0.3 is 0 Å². The highest BCUT2D eigenvalue weighted by atomic mass is 32.1. The van der Waals surface area contributed by atoms with Gasteiger partial charge >= 0.3 is 0 Å². The topological polar surface area (TPSA) is 51.0 Å². The van der Waals surface area contributed by atoms with Crippen LogP contribution in [0.4, 0.5) is 9.52 Å². The maximum absolute atomic E-state index is 14.0. The molecule has 3 aromatic heterocycles. The van der Waals surface area contributed by atoms with Crippen LogP contribution in [0.2, 0.25) is 0 Å². The summed E-state index contributed by atoms with van der Waals surface area (Å²) in [7, 11) is 0. The van der Waals surface area contributed by atoms with Gasteiger partial charge in [0, 0.05) is 23.8 Å². The Bertz CT molecular complexity index is 1010. The molecule has 0 aliphatic rings. The van der Waals surface area contributed by atoms with Crippen molar-refractivity contribution in [2.24, 2.45) is 0 Å². The Labute approximate surface area is 157 Å². The van der Waals surface area contributed by atoms with E-state index in [1.54, 1.807) is 33.2 Å². The Morgan fingerprint density at radius 3 is 2.88 bits per heavy atom. The van der Waals surface area contributed by atoms with E-state index in [2.05, 4.69) is 10.1 Å². The van der Waals surface area contributed by atoms with Gasteiger partial charge in [-0.2, -0.15) is 5.10 Å². The predicted octanol–water partition coefficient (Wildman–Crippen LogP) is 3.97. The van der Waals surface area contributed by atoms with Gasteiger partial charge in [0.25, 0.3) is 0 Å². The van der Waals surface area contributed by atoms with Crippen molar-refractivity contribution in [3.05, 3.63) is 64.9 Å². The van der Waals surface area contributed by atoms with E-state index in [0.717, 1.165) is 9.58 Å². The van der Waals surface area contributed by atoms with E-state index in [9.17, 15) is 9.18 Å². The second-order valence-electron chi connectivity index (χ2n) is 5.65. The average Bonchev–Trinajstić information content (AvgIpc) is 3.37. The van der Waals surface area contributed by atoms with Gasteiger partial charge in [0.15, 0.2) is 5.13 Å². The standard InChI is InChI=1S/C18H15FN4OS2/c19-14-5-1-6-15-17(14)21-18(26-15)23(10-9-22-8-3-7-20-22)16(24)12-13-4-2-11-25-13/h1-8,11H,9-10,12H2. The lowest BCUT2D eigenvalue weighted by atomic mass is 10.3. The number of hydrogen-bond acceptors (Lipinski definition) is 5. The van der Waals surface area contributed by atoms with Crippen LogP contribution >= 0.6 is 22.7 Å². The van der Waals surface area contributed by atoms with Crippen LogP contribution in [-0.2, 0) is 17.8 Å². The van der Waals surface area contributed by atoms with E-state index >= 15 is 0 Å². The number of benzene rings is 1. The van der Waals surface area contributed by atoms with E-state index in [1.807, 2.05) is 35.8 Å². The Morgan fingerprint density at radius 1 is 1.23 bits per heavy atom. The van der Waals surface area contributed by atoms with Crippen LogP contribution in [0.25, 0.3) is 10.2 Å². The molecule has 0 atom stereocenters. The number of thiophene rings is 1. The molecule has 0 saturated heterocycles. The van der Waals surface area contributed by atoms with Crippen LogP contribution in [0.5, 0.6) is 0 Å². The molecule has 132 valence electrons. The summed E-state index contributed by atoms with van der Waals surface area (Å²) in [4.78, 5) is 19.9. The zero-order valence-electron chi connectivity index (χ0n) is 13.7. The number of halogens is 1. The van der Waals surface area contributed by atoms with E-state index in [-0.39, 0.29) is 11.7 Å². The van der Waals surface area contributed by atoms with Crippen molar-refractivity contribution in [3.8, 4) is 0 Å². The van der Waals surface area contributed by atoms with Crippen molar-refractivity contribution in [3.63, 3.8) is 0 Å². The summed E-state index contributed by atoms with van der Waals surface area (Å²) in [5.41, 5.74) is 0.306. The molecule has 8 heteroatoms. The molecule has 0 aliphatic carbocycles. The fraction of sp³-hybridized carbons (Fsp3) is 0.167. The van der Waals surface area contributed by atoms with E-state index < -0.39 is 0 Å². The normalized spacial score (nSPS) is 11.1. The lowest BCUT2D eigenvalue weighted by Crippen LogP contribution is -2.35. The van der Waals surface area contributed by atoms with Crippen molar-refractivity contribution < 1.29 is 9.18 Å². The van der Waals surface area contributed by atoms with Crippen molar-refractivity contribution in [1.29, 1.82) is 0 Å². The number of fused-ring (bicyclic) bond motifs is 1. The highest BCUT2D eigenvalue weighted by molar-refractivity contribution is 7.22. The molecule has 0 aliphatic heterocycles. The second kappa shape index (κ2) is 7.35. The third-order valence-electron chi connectivity index (χ3n) is 3.91. The second-order valence-corrected chi connectivity index (χ2v) is 7.70. The van der Waals surface area contributed by atoms with Crippen molar-refractivity contribution >= 4 is 43.9 Å². The van der Waals surface area contributed by atoms with Gasteiger partial charge in [0.2, 0.25) is 5.91 Å². The van der Waals surface area contributed by atoms with Gasteiger partial charge in [-0.15, -0.1) is 11.3 Å². The van der Waals surface area contributed by atoms with E-state index in [0.29, 0.717) is 30.2 Å². The molecule has 0 spiro atoms. The summed E-state index contributed by atoms with van der Waals surface area (Å²) >= 11 is 2.87. The summed E-state index contributed by atoms with van der Waals surface area (Å²) in [6.07, 6.45) is 3.85. The number of nitrogens with zero attached hydrogens (tertiary/aromatic N) is 4. The van der Waals surface area contributed by atoms with Gasteiger partial charge in [0.05, 0.1) is 17.7 Å². The molecule has 0 N–H and O–H groups in total. The minimum atomic E-state index is -0.372. The first-order valence-electron chi connectivity index (χ1n) is 8.06. The molecule has 0 saturated carbocycles. The zero-order chi connectivity index (χ0) is 17.9. The fourth-order valence-electron chi connectivity index (χ4n) is 2.64. The number of anilines is 1. The number of carbonyl (C=O) groups is 1. The maximum atomic E-state index is 14.0. The predicted molar refractivity (Wildman–Crippen MR) is 102 cm³/mol. The van der Waals surface area contributed by atoms with Gasteiger partial charge in [-0.25, -0.2) is 9.37 Å². The summed E-state index contributed by atoms with van der Waals surface area (Å²) in [5, 5.41) is 6.64. The summed E-state index contributed by atoms with van der Waals surface area (Å²) in [6.45, 7) is 0.967. The first-order valence-corrected chi connectivity index (χ1v) is 9.75. The number of thiazole rings is 1. The highest BCUT2D eigenvalue weighted by Crippen LogP contribution is 2.30. The maximum Gasteiger partial charge on any atom is 0.234 e. The number of carbonyl (C=O) groups excluding carboxylic acids is 1. The van der Waals surface area contributed by atoms with Crippen LogP contribution in [0.3, 0.4) is 0 Å². The summed E-state index contributed by atoms with van der Waals surface area (Å²) < 4.78 is 16.5. The molecular weight excluding hydrogens is 371 g/mol. The van der Waals surface area contributed by atoms with Crippen LogP contribution in [0.15, 0.2) is 54.2 Å². The quantitative estimate of drug-likeness (QED) is 0.504. The largest absolute Gasteiger partial charge is 0.286 e. The molecule has 5 nitrogen and oxygen atoms in total. The Hall–Kier alpha value is -2.58. The third-order valence-corrected chi connectivity index (χ3v) is 5.83. The number of rotatable bonds is 6. The number of hydrogen-bond donors (Lipinski definition) is 0. The first-order chi connectivity index (χ1) is 12.7. The zero-order valence-corrected chi connectivity index (χ0v) is 15.3. The molecule has 1 aromatic carbocycles. The lowest BCUT2D eigenvalue weighted by molar-refractivity contribution is -0.118. The summed E-state index contributed by atoms with van der Waals surface area (Å²) in [6, 6.07) is 10.6. The Kier molecular flexibility index (Phi) is 4.77. The van der Waals surface area contributed by atoms with Gasteiger partial charge in [-0.05, 0) is 29.6 Å². The number of para-hydroxylation sites is 1. The van der Waals surface area contributed by atoms with Gasteiger partial charge in [-0.3, -0.25) is 14.4 Å². The minimum absolute atomic E-state index is 0.0564. The van der Waals surface area contributed by atoms with Crippen molar-refractivity contribution in [1.82, 2.24) is 14.8 Å². The summed E-state index contributed by atoms with van der Waals surface area (Å²) in [5.74, 6) is -0.429. The van der Waals surface area contributed by atoms with E-state index in [1.165, 1.54) is 17.4 Å². The smallest absolute Gasteiger partial charge is 0.234 e. The van der Waals surface area contributed by atoms with Crippen LogP contribution < -0.4 is 4.90 Å². The fourth-order valence-corrected chi connectivity index (χ4v) is 4.36. The van der Waals surface area contributed by atoms with Crippen molar-refractivity contribution in [2.75, 3.05) is 11.4 Å². The molecule has 3 heterocycles. The van der Waals surface area contributed by atoms with Crippen LogP contribution in [0.1, 0.15) is 4.88 Å². The molecule has 0 radical (unpaired) electrons. The first kappa shape index (κ1) is 16.9. The molecule has 4 aromatic rings. The molecule has 0 bridgehead atoms. The van der Waals surface area contributed by atoms with Crippen LogP contribution in [-0.4, -0.2) is 27.2 Å². The molecule has 4 rings (SSSR count). The lowest BCUT2D eigenvalue weighted by Gasteiger charge is -2.19. The Morgan fingerprint density at radius 2 is 2.15 bits per heavy atom. The van der Waals surface area contributed by atoms with Crippen LogP contribution in [0, 0.1) is 5.82 Å². The van der Waals surface area contributed by atoms with E-state index in [4.69, 9.17) is 0 Å². The van der Waals surface area contributed by atoms with Gasteiger partial charge in [-0.1, -0.05) is 23.5 Å². The minimum Gasteiger partial charge on any atom is -0.286 e. The molecule has 0 fully saturated rings. The highest BCUT2D eigenvalue weighted by Gasteiger charge is 2.21. The van der Waals surface area contributed by atoms with Gasteiger partial charge in [0.1, 0.15) is 11.3 Å². The monoisotopic (exact) mass is 386 g/mol. The molecular formula is C18H15FN4OS2. The molecule has 26 heavy (non-hydrogen) atoms. The van der Waals surface area contributed by atoms with Crippen molar-refractivity contribution in [2.45, 2.75) is 13.0 Å².